The Hall–Kier alpha value is -2.46. The molecule has 0 unspecified atom stereocenters. The Morgan fingerprint density at radius 3 is 2.40 bits per heavy atom. The zero-order valence-corrected chi connectivity index (χ0v) is 15.3. The Morgan fingerprint density at radius 1 is 1.16 bits per heavy atom. The standard InChI is InChI=1S/C15H15N3O5S2/c1-8-10(13(20)22-2)12(25-11(8)14(21)23-3)18-9(19)7-24-15-16-5-4-6-17-15/h4-6H,7H2,1-3H3,(H,18,19). The number of hydrogen-bond acceptors (Lipinski definition) is 9. The van der Waals surface area contributed by atoms with Crippen molar-refractivity contribution in [3.63, 3.8) is 0 Å². The normalized spacial score (nSPS) is 10.2. The zero-order valence-electron chi connectivity index (χ0n) is 13.7. The number of rotatable bonds is 6. The number of thioether (sulfide) groups is 1. The van der Waals surface area contributed by atoms with Crippen LogP contribution in [0.3, 0.4) is 0 Å². The summed E-state index contributed by atoms with van der Waals surface area (Å²) < 4.78 is 9.43. The van der Waals surface area contributed by atoms with Crippen LogP contribution in [0.1, 0.15) is 25.6 Å². The molecule has 0 saturated heterocycles. The van der Waals surface area contributed by atoms with Crippen molar-refractivity contribution in [1.29, 1.82) is 0 Å². The summed E-state index contributed by atoms with van der Waals surface area (Å²) in [6, 6.07) is 1.68. The monoisotopic (exact) mass is 381 g/mol. The highest BCUT2D eigenvalue weighted by Crippen LogP contribution is 2.34. The van der Waals surface area contributed by atoms with Crippen molar-refractivity contribution >= 4 is 45.9 Å². The van der Waals surface area contributed by atoms with Crippen molar-refractivity contribution in [2.45, 2.75) is 12.1 Å². The first-order chi connectivity index (χ1) is 12.0. The van der Waals surface area contributed by atoms with Gasteiger partial charge in [0.2, 0.25) is 5.91 Å². The van der Waals surface area contributed by atoms with E-state index in [2.05, 4.69) is 15.3 Å². The Kier molecular flexibility index (Phi) is 6.48. The second-order valence-corrected chi connectivity index (χ2v) is 6.57. The van der Waals surface area contributed by atoms with E-state index in [0.29, 0.717) is 10.7 Å². The molecule has 0 aliphatic carbocycles. The van der Waals surface area contributed by atoms with Crippen molar-refractivity contribution in [3.8, 4) is 0 Å². The first-order valence-electron chi connectivity index (χ1n) is 6.97. The van der Waals surface area contributed by atoms with E-state index in [1.54, 1.807) is 25.4 Å². The Labute approximate surface area is 152 Å². The number of thiophene rings is 1. The lowest BCUT2D eigenvalue weighted by molar-refractivity contribution is -0.113. The van der Waals surface area contributed by atoms with Crippen molar-refractivity contribution in [2.24, 2.45) is 0 Å². The number of carbonyl (C=O) groups is 3. The molecule has 1 amide bonds. The van der Waals surface area contributed by atoms with Crippen LogP contribution in [-0.4, -0.2) is 47.8 Å². The highest BCUT2D eigenvalue weighted by Gasteiger charge is 2.26. The molecule has 132 valence electrons. The molecule has 0 saturated carbocycles. The van der Waals surface area contributed by atoms with Gasteiger partial charge < -0.3 is 14.8 Å². The van der Waals surface area contributed by atoms with Crippen LogP contribution in [0.15, 0.2) is 23.6 Å². The van der Waals surface area contributed by atoms with E-state index in [-0.39, 0.29) is 27.1 Å². The van der Waals surface area contributed by atoms with E-state index in [4.69, 9.17) is 9.47 Å². The van der Waals surface area contributed by atoms with Crippen molar-refractivity contribution in [3.05, 3.63) is 34.5 Å². The number of methoxy groups -OCH3 is 2. The third kappa shape index (κ3) is 4.54. The zero-order chi connectivity index (χ0) is 18.4. The maximum atomic E-state index is 12.2. The topological polar surface area (TPSA) is 107 Å². The number of nitrogens with one attached hydrogen (secondary N) is 1. The predicted octanol–water partition coefficient (Wildman–Crippen LogP) is 2.15. The summed E-state index contributed by atoms with van der Waals surface area (Å²) in [6.45, 7) is 1.59. The summed E-state index contributed by atoms with van der Waals surface area (Å²) in [5, 5.41) is 3.33. The maximum absolute atomic E-state index is 12.2. The molecule has 25 heavy (non-hydrogen) atoms. The van der Waals surface area contributed by atoms with E-state index < -0.39 is 11.9 Å². The molecule has 2 heterocycles. The highest BCUT2D eigenvalue weighted by atomic mass is 32.2. The number of aromatic nitrogens is 2. The van der Waals surface area contributed by atoms with Crippen LogP contribution in [0.25, 0.3) is 0 Å². The first kappa shape index (κ1) is 18.9. The molecule has 0 bridgehead atoms. The van der Waals surface area contributed by atoms with Crippen molar-refractivity contribution in [1.82, 2.24) is 9.97 Å². The summed E-state index contributed by atoms with van der Waals surface area (Å²) >= 11 is 2.12. The lowest BCUT2D eigenvalue weighted by atomic mass is 10.1. The molecule has 0 aromatic carbocycles. The molecule has 0 aliphatic rings. The fourth-order valence-corrected chi connectivity index (χ4v) is 3.62. The third-order valence-corrected chi connectivity index (χ3v) is 5.10. The van der Waals surface area contributed by atoms with E-state index in [1.165, 1.54) is 14.2 Å². The van der Waals surface area contributed by atoms with Crippen LogP contribution in [0.4, 0.5) is 5.00 Å². The van der Waals surface area contributed by atoms with Gasteiger partial charge in [0.25, 0.3) is 0 Å². The number of amides is 1. The van der Waals surface area contributed by atoms with Gasteiger partial charge in [0, 0.05) is 12.4 Å². The van der Waals surface area contributed by atoms with Crippen molar-refractivity contribution in [2.75, 3.05) is 25.3 Å². The maximum Gasteiger partial charge on any atom is 0.348 e. The number of carbonyl (C=O) groups excluding carboxylic acids is 3. The Bertz CT molecular complexity index is 792. The van der Waals surface area contributed by atoms with Crippen LogP contribution < -0.4 is 5.32 Å². The van der Waals surface area contributed by atoms with Gasteiger partial charge in [0.05, 0.1) is 25.5 Å². The minimum atomic E-state index is -0.641. The lowest BCUT2D eigenvalue weighted by Crippen LogP contribution is -2.16. The number of anilines is 1. The third-order valence-electron chi connectivity index (χ3n) is 3.03. The molecule has 2 aromatic heterocycles. The van der Waals surface area contributed by atoms with E-state index in [1.807, 2.05) is 0 Å². The van der Waals surface area contributed by atoms with Gasteiger partial charge >= 0.3 is 11.9 Å². The number of nitrogens with zero attached hydrogens (tertiary/aromatic N) is 2. The van der Waals surface area contributed by atoms with Crippen molar-refractivity contribution < 1.29 is 23.9 Å². The van der Waals surface area contributed by atoms with Gasteiger partial charge in [-0.3, -0.25) is 4.79 Å². The molecule has 1 N–H and O–H groups in total. The predicted molar refractivity (Wildman–Crippen MR) is 93.1 cm³/mol. The summed E-state index contributed by atoms with van der Waals surface area (Å²) in [4.78, 5) is 44.2. The van der Waals surface area contributed by atoms with Gasteiger partial charge in [-0.05, 0) is 18.6 Å². The molecular weight excluding hydrogens is 366 g/mol. The molecule has 10 heteroatoms. The van der Waals surface area contributed by atoms with E-state index in [9.17, 15) is 14.4 Å². The molecule has 0 atom stereocenters. The minimum absolute atomic E-state index is 0.0507. The van der Waals surface area contributed by atoms with Crippen LogP contribution in [0.2, 0.25) is 0 Å². The van der Waals surface area contributed by atoms with Gasteiger partial charge in [0.15, 0.2) is 5.16 Å². The number of esters is 2. The minimum Gasteiger partial charge on any atom is -0.465 e. The van der Waals surface area contributed by atoms with Gasteiger partial charge in [-0.2, -0.15) is 0 Å². The molecule has 0 fully saturated rings. The van der Waals surface area contributed by atoms with Crippen LogP contribution >= 0.6 is 23.1 Å². The molecular formula is C15H15N3O5S2. The van der Waals surface area contributed by atoms with Crippen LogP contribution in [0, 0.1) is 6.92 Å². The van der Waals surface area contributed by atoms with Crippen LogP contribution in [-0.2, 0) is 14.3 Å². The smallest absolute Gasteiger partial charge is 0.348 e. The average molecular weight is 381 g/mol. The van der Waals surface area contributed by atoms with Gasteiger partial charge in [-0.15, -0.1) is 11.3 Å². The first-order valence-corrected chi connectivity index (χ1v) is 8.77. The summed E-state index contributed by atoms with van der Waals surface area (Å²) in [5.74, 6) is -1.53. The second kappa shape index (κ2) is 8.58. The van der Waals surface area contributed by atoms with Gasteiger partial charge in [-0.1, -0.05) is 11.8 Å². The molecule has 2 aromatic rings. The molecule has 0 spiro atoms. The highest BCUT2D eigenvalue weighted by molar-refractivity contribution is 7.99. The SMILES string of the molecule is COC(=O)c1sc(NC(=O)CSc2ncccn2)c(C(=O)OC)c1C. The molecule has 8 nitrogen and oxygen atoms in total. The quantitative estimate of drug-likeness (QED) is 0.461. The lowest BCUT2D eigenvalue weighted by Gasteiger charge is -2.05. The van der Waals surface area contributed by atoms with Gasteiger partial charge in [0.1, 0.15) is 9.88 Å². The average Bonchev–Trinajstić information content (AvgIpc) is 2.95. The summed E-state index contributed by atoms with van der Waals surface area (Å²) in [6.07, 6.45) is 3.15. The Balaban J connectivity index is 2.18. The second-order valence-electron chi connectivity index (χ2n) is 4.61. The molecule has 0 aliphatic heterocycles. The number of hydrogen-bond donors (Lipinski definition) is 1. The van der Waals surface area contributed by atoms with E-state index in [0.717, 1.165) is 23.1 Å². The van der Waals surface area contributed by atoms with E-state index >= 15 is 0 Å². The summed E-state index contributed by atoms with van der Waals surface area (Å²) in [7, 11) is 2.47. The van der Waals surface area contributed by atoms with Crippen LogP contribution in [0.5, 0.6) is 0 Å². The van der Waals surface area contributed by atoms with Gasteiger partial charge in [-0.25, -0.2) is 19.6 Å². The fraction of sp³-hybridized carbons (Fsp3) is 0.267. The number of ether oxygens (including phenoxy) is 2. The molecule has 2 rings (SSSR count). The Morgan fingerprint density at radius 2 is 1.80 bits per heavy atom. The largest absolute Gasteiger partial charge is 0.465 e. The summed E-state index contributed by atoms with van der Waals surface area (Å²) in [5.41, 5.74) is 0.542. The molecule has 0 radical (unpaired) electrons. The fourth-order valence-electron chi connectivity index (χ4n) is 1.89.